The van der Waals surface area contributed by atoms with Crippen molar-refractivity contribution in [2.45, 2.75) is 19.8 Å². The lowest BCUT2D eigenvalue weighted by Gasteiger charge is -2.06. The van der Waals surface area contributed by atoms with Gasteiger partial charge in [-0.1, -0.05) is 31.5 Å². The molecule has 138 valence electrons. The number of para-hydroxylation sites is 1. The van der Waals surface area contributed by atoms with E-state index < -0.39 is 0 Å². The molecular weight excluding hydrogens is 342 g/mol. The maximum absolute atomic E-state index is 12.2. The van der Waals surface area contributed by atoms with E-state index in [1.165, 1.54) is 6.21 Å². The molecule has 6 nitrogen and oxygen atoms in total. The van der Waals surface area contributed by atoms with Crippen LogP contribution in [-0.4, -0.2) is 23.7 Å². The normalized spacial score (nSPS) is 11.0. The molecule has 27 heavy (non-hydrogen) atoms. The number of fused-ring (bicyclic) bond motifs is 1. The Bertz CT molecular complexity index is 1010. The number of hydrogen-bond acceptors (Lipinski definition) is 4. The Kier molecular flexibility index (Phi) is 5.99. The molecule has 0 aliphatic carbocycles. The van der Waals surface area contributed by atoms with E-state index in [1.54, 1.807) is 30.3 Å². The van der Waals surface area contributed by atoms with Gasteiger partial charge in [0, 0.05) is 11.1 Å². The van der Waals surface area contributed by atoms with E-state index >= 15 is 0 Å². The SMILES string of the molecule is CCCCOc1ccc(C(=O)NN=Cc2cc3ccccc3[nH]c2=O)cc1. The predicted octanol–water partition coefficient (Wildman–Crippen LogP) is 3.47. The lowest BCUT2D eigenvalue weighted by Crippen LogP contribution is -2.19. The molecule has 0 atom stereocenters. The number of nitrogens with zero attached hydrogens (tertiary/aromatic N) is 1. The maximum atomic E-state index is 12.2. The van der Waals surface area contributed by atoms with E-state index in [-0.39, 0.29) is 11.5 Å². The third-order valence-electron chi connectivity index (χ3n) is 4.04. The topological polar surface area (TPSA) is 83.5 Å². The number of rotatable bonds is 7. The predicted molar refractivity (Wildman–Crippen MR) is 106 cm³/mol. The van der Waals surface area contributed by atoms with Gasteiger partial charge in [0.05, 0.1) is 18.4 Å². The largest absolute Gasteiger partial charge is 0.494 e. The van der Waals surface area contributed by atoms with Crippen LogP contribution in [0.2, 0.25) is 0 Å². The lowest BCUT2D eigenvalue weighted by molar-refractivity contribution is 0.0955. The van der Waals surface area contributed by atoms with Crippen LogP contribution in [-0.2, 0) is 0 Å². The first-order chi connectivity index (χ1) is 13.2. The third kappa shape index (κ3) is 4.82. The minimum absolute atomic E-state index is 0.264. The van der Waals surface area contributed by atoms with Gasteiger partial charge in [-0.2, -0.15) is 5.10 Å². The first kappa shape index (κ1) is 18.4. The van der Waals surface area contributed by atoms with Crippen LogP contribution in [0.1, 0.15) is 35.7 Å². The fourth-order valence-corrected chi connectivity index (χ4v) is 2.52. The summed E-state index contributed by atoms with van der Waals surface area (Å²) in [6.07, 6.45) is 3.40. The van der Waals surface area contributed by atoms with Crippen molar-refractivity contribution in [1.82, 2.24) is 10.4 Å². The molecule has 0 saturated carbocycles. The number of unbranched alkanes of at least 4 members (excludes halogenated alkanes) is 1. The number of carbonyl (C=O) groups is 1. The van der Waals surface area contributed by atoms with Gasteiger partial charge in [-0.25, -0.2) is 5.43 Å². The van der Waals surface area contributed by atoms with Crippen molar-refractivity contribution in [3.05, 3.63) is 76.1 Å². The van der Waals surface area contributed by atoms with E-state index in [2.05, 4.69) is 22.4 Å². The van der Waals surface area contributed by atoms with Gasteiger partial charge >= 0.3 is 0 Å². The Morgan fingerprint density at radius 2 is 1.96 bits per heavy atom. The Hall–Kier alpha value is -3.41. The molecule has 6 heteroatoms. The number of aromatic nitrogens is 1. The zero-order chi connectivity index (χ0) is 19.1. The maximum Gasteiger partial charge on any atom is 0.271 e. The van der Waals surface area contributed by atoms with Gasteiger partial charge in [-0.3, -0.25) is 9.59 Å². The number of hydrazone groups is 1. The number of H-pyrrole nitrogens is 1. The smallest absolute Gasteiger partial charge is 0.271 e. The first-order valence-corrected chi connectivity index (χ1v) is 8.85. The van der Waals surface area contributed by atoms with Crippen LogP contribution in [0.25, 0.3) is 10.9 Å². The van der Waals surface area contributed by atoms with Gasteiger partial charge < -0.3 is 9.72 Å². The molecular formula is C21H21N3O3. The Morgan fingerprint density at radius 1 is 1.19 bits per heavy atom. The van der Waals surface area contributed by atoms with Crippen LogP contribution in [0.4, 0.5) is 0 Å². The third-order valence-corrected chi connectivity index (χ3v) is 4.04. The van der Waals surface area contributed by atoms with Crippen molar-refractivity contribution in [2.24, 2.45) is 5.10 Å². The van der Waals surface area contributed by atoms with Crippen molar-refractivity contribution in [3.8, 4) is 5.75 Å². The highest BCUT2D eigenvalue weighted by Gasteiger charge is 2.05. The summed E-state index contributed by atoms with van der Waals surface area (Å²) >= 11 is 0. The molecule has 0 unspecified atom stereocenters. The fraction of sp³-hybridized carbons (Fsp3) is 0.190. The van der Waals surface area contributed by atoms with E-state index in [0.717, 1.165) is 29.5 Å². The summed E-state index contributed by atoms with van der Waals surface area (Å²) in [5.74, 6) is 0.370. The molecule has 2 N–H and O–H groups in total. The average molecular weight is 363 g/mol. The van der Waals surface area contributed by atoms with Crippen molar-refractivity contribution in [3.63, 3.8) is 0 Å². The average Bonchev–Trinajstić information content (AvgIpc) is 2.69. The minimum atomic E-state index is -0.358. The molecule has 0 aliphatic rings. The molecule has 0 bridgehead atoms. The molecule has 3 aromatic rings. The zero-order valence-corrected chi connectivity index (χ0v) is 15.1. The number of ether oxygens (including phenoxy) is 1. The van der Waals surface area contributed by atoms with Gasteiger partial charge in [0.2, 0.25) is 0 Å². The fourth-order valence-electron chi connectivity index (χ4n) is 2.52. The minimum Gasteiger partial charge on any atom is -0.494 e. The molecule has 0 saturated heterocycles. The van der Waals surface area contributed by atoms with Gasteiger partial charge in [-0.15, -0.1) is 0 Å². The molecule has 1 aromatic heterocycles. The molecule has 0 aliphatic heterocycles. The van der Waals surface area contributed by atoms with Gasteiger partial charge in [0.1, 0.15) is 5.75 Å². The summed E-state index contributed by atoms with van der Waals surface area (Å²) in [4.78, 5) is 27.0. The summed E-state index contributed by atoms with van der Waals surface area (Å²) in [5.41, 5.74) is 3.75. The van der Waals surface area contributed by atoms with Crippen molar-refractivity contribution in [1.29, 1.82) is 0 Å². The van der Waals surface area contributed by atoms with Gasteiger partial charge in [-0.05, 0) is 48.2 Å². The molecule has 0 fully saturated rings. The second-order valence-corrected chi connectivity index (χ2v) is 6.07. The summed E-state index contributed by atoms with van der Waals surface area (Å²) in [6, 6.07) is 16.0. The lowest BCUT2D eigenvalue weighted by atomic mass is 10.2. The van der Waals surface area contributed by atoms with E-state index in [1.807, 2.05) is 24.3 Å². The highest BCUT2D eigenvalue weighted by Crippen LogP contribution is 2.13. The summed E-state index contributed by atoms with van der Waals surface area (Å²) in [5, 5.41) is 4.79. The highest BCUT2D eigenvalue weighted by atomic mass is 16.5. The number of pyridine rings is 1. The van der Waals surface area contributed by atoms with Crippen LogP contribution in [0, 0.1) is 0 Å². The standard InChI is InChI=1S/C21H21N3O3/c1-2-3-12-27-18-10-8-15(9-11-18)21(26)24-22-14-17-13-16-6-4-5-7-19(16)23-20(17)25/h4-11,13-14H,2-3,12H2,1H3,(H,23,25)(H,24,26). The molecule has 0 spiro atoms. The molecule has 0 radical (unpaired) electrons. The van der Waals surface area contributed by atoms with Gasteiger partial charge in [0.15, 0.2) is 0 Å². The van der Waals surface area contributed by atoms with E-state index in [4.69, 9.17) is 4.74 Å². The Balaban J connectivity index is 1.63. The highest BCUT2D eigenvalue weighted by molar-refractivity contribution is 5.95. The molecule has 3 rings (SSSR count). The van der Waals surface area contributed by atoms with Crippen molar-refractivity contribution >= 4 is 23.0 Å². The second-order valence-electron chi connectivity index (χ2n) is 6.07. The second kappa shape index (κ2) is 8.80. The first-order valence-electron chi connectivity index (χ1n) is 8.85. The van der Waals surface area contributed by atoms with Crippen LogP contribution in [0.5, 0.6) is 5.75 Å². The van der Waals surface area contributed by atoms with Crippen LogP contribution in [0.15, 0.2) is 64.5 Å². The Labute approximate surface area is 156 Å². The monoisotopic (exact) mass is 363 g/mol. The number of nitrogens with one attached hydrogen (secondary N) is 2. The van der Waals surface area contributed by atoms with E-state index in [9.17, 15) is 9.59 Å². The summed E-state index contributed by atoms with van der Waals surface area (Å²) in [7, 11) is 0. The number of aromatic amines is 1. The van der Waals surface area contributed by atoms with Gasteiger partial charge in [0.25, 0.3) is 11.5 Å². The summed E-state index contributed by atoms with van der Waals surface area (Å²) in [6.45, 7) is 2.76. The van der Waals surface area contributed by atoms with Crippen LogP contribution >= 0.6 is 0 Å². The molecule has 1 amide bonds. The van der Waals surface area contributed by atoms with Crippen molar-refractivity contribution < 1.29 is 9.53 Å². The molecule has 1 heterocycles. The molecule has 2 aromatic carbocycles. The quantitative estimate of drug-likeness (QED) is 0.383. The number of amides is 1. The zero-order valence-electron chi connectivity index (χ0n) is 15.1. The number of carbonyl (C=O) groups excluding carboxylic acids is 1. The van der Waals surface area contributed by atoms with Crippen LogP contribution < -0.4 is 15.7 Å². The van der Waals surface area contributed by atoms with E-state index in [0.29, 0.717) is 17.7 Å². The summed E-state index contributed by atoms with van der Waals surface area (Å²) < 4.78 is 5.57. The van der Waals surface area contributed by atoms with Crippen LogP contribution in [0.3, 0.4) is 0 Å². The van der Waals surface area contributed by atoms with Crippen molar-refractivity contribution in [2.75, 3.05) is 6.61 Å². The Morgan fingerprint density at radius 3 is 2.74 bits per heavy atom. The number of hydrogen-bond donors (Lipinski definition) is 2. The number of benzene rings is 2.